The van der Waals surface area contributed by atoms with E-state index < -0.39 is 0 Å². The number of hydrogen-bond donors (Lipinski definition) is 2. The molecule has 23 heavy (non-hydrogen) atoms. The van der Waals surface area contributed by atoms with Gasteiger partial charge in [-0.05, 0) is 59.0 Å². The van der Waals surface area contributed by atoms with E-state index in [1.807, 2.05) is 0 Å². The Labute approximate surface area is 143 Å². The van der Waals surface area contributed by atoms with Crippen molar-refractivity contribution in [3.8, 4) is 0 Å². The van der Waals surface area contributed by atoms with Crippen LogP contribution in [0.4, 0.5) is 0 Å². The third kappa shape index (κ3) is 7.53. The van der Waals surface area contributed by atoms with E-state index in [0.29, 0.717) is 5.41 Å². The van der Waals surface area contributed by atoms with Crippen LogP contribution in [0, 0.1) is 5.41 Å². The first kappa shape index (κ1) is 20.2. The molecule has 1 unspecified atom stereocenters. The zero-order chi connectivity index (χ0) is 17.1. The smallest absolute Gasteiger partial charge is 0.191 e. The highest BCUT2D eigenvalue weighted by Crippen LogP contribution is 2.43. The third-order valence-electron chi connectivity index (χ3n) is 4.88. The molecule has 5 heteroatoms. The molecule has 0 bridgehead atoms. The van der Waals surface area contributed by atoms with Gasteiger partial charge in [0.15, 0.2) is 5.96 Å². The van der Waals surface area contributed by atoms with E-state index in [9.17, 15) is 0 Å². The van der Waals surface area contributed by atoms with Gasteiger partial charge < -0.3 is 20.3 Å². The normalized spacial score (nSPS) is 18.6. The molecule has 0 heterocycles. The van der Waals surface area contributed by atoms with E-state index in [0.717, 1.165) is 45.2 Å². The van der Waals surface area contributed by atoms with Gasteiger partial charge in [-0.25, -0.2) is 0 Å². The summed E-state index contributed by atoms with van der Waals surface area (Å²) in [6.07, 6.45) is 6.53. The lowest BCUT2D eigenvalue weighted by Gasteiger charge is -2.40. The van der Waals surface area contributed by atoms with Gasteiger partial charge in [0.1, 0.15) is 0 Å². The summed E-state index contributed by atoms with van der Waals surface area (Å²) in [5, 5.41) is 6.83. The molecule has 1 aliphatic carbocycles. The SMILES string of the molecule is CCNC(=NCC1(CC)CCC1)NCC(CCN(C)C)OCC. The molecule has 1 atom stereocenters. The van der Waals surface area contributed by atoms with Crippen LogP contribution in [0.25, 0.3) is 0 Å². The fraction of sp³-hybridized carbons (Fsp3) is 0.944. The Bertz CT molecular complexity index is 334. The molecule has 0 spiro atoms. The fourth-order valence-electron chi connectivity index (χ4n) is 2.98. The summed E-state index contributed by atoms with van der Waals surface area (Å²) >= 11 is 0. The van der Waals surface area contributed by atoms with Crippen molar-refractivity contribution < 1.29 is 4.74 Å². The van der Waals surface area contributed by atoms with Gasteiger partial charge in [0, 0.05) is 32.8 Å². The van der Waals surface area contributed by atoms with E-state index in [1.54, 1.807) is 0 Å². The van der Waals surface area contributed by atoms with Gasteiger partial charge in [-0.2, -0.15) is 0 Å². The van der Waals surface area contributed by atoms with E-state index >= 15 is 0 Å². The van der Waals surface area contributed by atoms with Crippen molar-refractivity contribution in [3.63, 3.8) is 0 Å². The average Bonchev–Trinajstić information content (AvgIpc) is 2.48. The highest BCUT2D eigenvalue weighted by atomic mass is 16.5. The molecule has 0 aromatic heterocycles. The van der Waals surface area contributed by atoms with Crippen LogP contribution in [-0.4, -0.2) is 63.8 Å². The first-order valence-corrected chi connectivity index (χ1v) is 9.33. The quantitative estimate of drug-likeness (QED) is 0.452. The lowest BCUT2D eigenvalue weighted by atomic mass is 9.67. The maximum atomic E-state index is 5.85. The van der Waals surface area contributed by atoms with Crippen LogP contribution in [0.1, 0.15) is 52.9 Å². The zero-order valence-electron chi connectivity index (χ0n) is 16.0. The summed E-state index contributed by atoms with van der Waals surface area (Å²) in [5.41, 5.74) is 0.465. The van der Waals surface area contributed by atoms with Crippen LogP contribution in [0.5, 0.6) is 0 Å². The molecule has 0 aromatic rings. The van der Waals surface area contributed by atoms with Crippen LogP contribution < -0.4 is 10.6 Å². The molecule has 0 amide bonds. The summed E-state index contributed by atoms with van der Waals surface area (Å²) in [7, 11) is 4.20. The minimum atomic E-state index is 0.232. The van der Waals surface area contributed by atoms with Crippen molar-refractivity contribution in [3.05, 3.63) is 0 Å². The maximum absolute atomic E-state index is 5.85. The summed E-state index contributed by atoms with van der Waals surface area (Å²) < 4.78 is 5.85. The van der Waals surface area contributed by atoms with Gasteiger partial charge in [-0.1, -0.05) is 13.3 Å². The second kappa shape index (κ2) is 10.9. The van der Waals surface area contributed by atoms with Crippen LogP contribution >= 0.6 is 0 Å². The van der Waals surface area contributed by atoms with Crippen LogP contribution in [0.3, 0.4) is 0 Å². The molecule has 5 nitrogen and oxygen atoms in total. The fourth-order valence-corrected chi connectivity index (χ4v) is 2.98. The molecular weight excluding hydrogens is 288 g/mol. The second-order valence-corrected chi connectivity index (χ2v) is 6.95. The largest absolute Gasteiger partial charge is 0.377 e. The molecule has 0 saturated heterocycles. The Morgan fingerprint density at radius 2 is 1.96 bits per heavy atom. The molecule has 1 fully saturated rings. The second-order valence-electron chi connectivity index (χ2n) is 6.95. The summed E-state index contributed by atoms with van der Waals surface area (Å²) in [5.74, 6) is 0.932. The Morgan fingerprint density at radius 3 is 2.43 bits per heavy atom. The number of aliphatic imine (C=N–C) groups is 1. The molecule has 1 rings (SSSR count). The van der Waals surface area contributed by atoms with E-state index in [1.165, 1.54) is 25.7 Å². The molecule has 136 valence electrons. The highest BCUT2D eigenvalue weighted by Gasteiger charge is 2.34. The Hall–Kier alpha value is -0.810. The van der Waals surface area contributed by atoms with Crippen molar-refractivity contribution in [1.29, 1.82) is 0 Å². The maximum Gasteiger partial charge on any atom is 0.191 e. The topological polar surface area (TPSA) is 48.9 Å². The van der Waals surface area contributed by atoms with Gasteiger partial charge in [0.05, 0.1) is 6.10 Å². The summed E-state index contributed by atoms with van der Waals surface area (Å²) in [6.45, 7) is 10.9. The summed E-state index contributed by atoms with van der Waals surface area (Å²) in [6, 6.07) is 0. The number of rotatable bonds is 11. The van der Waals surface area contributed by atoms with Crippen LogP contribution in [-0.2, 0) is 4.74 Å². The van der Waals surface area contributed by atoms with Crippen molar-refractivity contribution >= 4 is 5.96 Å². The third-order valence-corrected chi connectivity index (χ3v) is 4.88. The van der Waals surface area contributed by atoms with Crippen LogP contribution in [0.2, 0.25) is 0 Å². The van der Waals surface area contributed by atoms with Gasteiger partial charge in [-0.3, -0.25) is 4.99 Å². The molecule has 0 radical (unpaired) electrons. The van der Waals surface area contributed by atoms with Crippen LogP contribution in [0.15, 0.2) is 4.99 Å². The van der Waals surface area contributed by atoms with Gasteiger partial charge >= 0.3 is 0 Å². The first-order chi connectivity index (χ1) is 11.0. The number of ether oxygens (including phenoxy) is 1. The average molecular weight is 327 g/mol. The Balaban J connectivity index is 2.48. The molecule has 2 N–H and O–H groups in total. The van der Waals surface area contributed by atoms with E-state index in [4.69, 9.17) is 9.73 Å². The predicted octanol–water partition coefficient (Wildman–Crippen LogP) is 2.48. The number of hydrogen-bond acceptors (Lipinski definition) is 3. The lowest BCUT2D eigenvalue weighted by molar-refractivity contribution is 0.0547. The molecular formula is C18H38N4O. The van der Waals surface area contributed by atoms with Crippen molar-refractivity contribution in [2.45, 2.75) is 59.0 Å². The van der Waals surface area contributed by atoms with Gasteiger partial charge in [0.2, 0.25) is 0 Å². The number of nitrogens with one attached hydrogen (secondary N) is 2. The summed E-state index contributed by atoms with van der Waals surface area (Å²) in [4.78, 5) is 7.04. The van der Waals surface area contributed by atoms with Crippen molar-refractivity contribution in [1.82, 2.24) is 15.5 Å². The van der Waals surface area contributed by atoms with E-state index in [-0.39, 0.29) is 6.10 Å². The molecule has 0 aromatic carbocycles. The number of guanidine groups is 1. The van der Waals surface area contributed by atoms with Crippen molar-refractivity contribution in [2.24, 2.45) is 10.4 Å². The Morgan fingerprint density at radius 1 is 1.22 bits per heavy atom. The molecule has 1 saturated carbocycles. The van der Waals surface area contributed by atoms with Gasteiger partial charge in [0.25, 0.3) is 0 Å². The Kier molecular flexibility index (Phi) is 9.56. The molecule has 0 aliphatic heterocycles. The standard InChI is InChI=1S/C18H38N4O/c1-6-18(11-9-12-18)15-21-17(19-7-2)20-14-16(23-8-3)10-13-22(4)5/h16H,6-15H2,1-5H3,(H2,19,20,21). The molecule has 1 aliphatic rings. The van der Waals surface area contributed by atoms with Gasteiger partial charge in [-0.15, -0.1) is 0 Å². The minimum Gasteiger partial charge on any atom is -0.377 e. The monoisotopic (exact) mass is 326 g/mol. The zero-order valence-corrected chi connectivity index (χ0v) is 16.0. The number of nitrogens with zero attached hydrogens (tertiary/aromatic N) is 2. The predicted molar refractivity (Wildman–Crippen MR) is 99.1 cm³/mol. The first-order valence-electron chi connectivity index (χ1n) is 9.33. The minimum absolute atomic E-state index is 0.232. The highest BCUT2D eigenvalue weighted by molar-refractivity contribution is 5.79. The lowest BCUT2D eigenvalue weighted by Crippen LogP contribution is -2.43. The van der Waals surface area contributed by atoms with Crippen molar-refractivity contribution in [2.75, 3.05) is 46.9 Å². The van der Waals surface area contributed by atoms with E-state index in [2.05, 4.69) is 50.4 Å².